The van der Waals surface area contributed by atoms with Crippen LogP contribution in [-0.4, -0.2) is 5.91 Å². The zero-order valence-corrected chi connectivity index (χ0v) is 6.21. The van der Waals surface area contributed by atoms with Gasteiger partial charge in [-0.15, -0.1) is 0 Å². The van der Waals surface area contributed by atoms with Gasteiger partial charge >= 0.3 is 0 Å². The molecule has 0 bridgehead atoms. The van der Waals surface area contributed by atoms with Gasteiger partial charge in [-0.1, -0.05) is 18.2 Å². The van der Waals surface area contributed by atoms with Gasteiger partial charge in [0.1, 0.15) is 0 Å². The molecule has 0 saturated heterocycles. The Morgan fingerprint density at radius 2 is 2.00 bits per heavy atom. The molecule has 0 aromatic heterocycles. The highest BCUT2D eigenvalue weighted by atomic mass is 16.1. The Hall–Kier alpha value is -1.31. The van der Waals surface area contributed by atoms with Crippen LogP contribution in [0.25, 0.3) is 0 Å². The molecule has 0 aliphatic rings. The molecule has 1 radical (unpaired) electrons. The minimum Gasteiger partial charge on any atom is -0.326 e. The Labute approximate surface area is 66.2 Å². The first-order valence-electron chi connectivity index (χ1n) is 3.47. The summed E-state index contributed by atoms with van der Waals surface area (Å²) in [5, 5.41) is 2.69. The summed E-state index contributed by atoms with van der Waals surface area (Å²) in [4.78, 5) is 10.8. The maximum absolute atomic E-state index is 10.8. The van der Waals surface area contributed by atoms with Crippen LogP contribution >= 0.6 is 0 Å². The molecule has 0 aliphatic heterocycles. The minimum atomic E-state index is -0.0591. The Balaban J connectivity index is 2.58. The van der Waals surface area contributed by atoms with Crippen molar-refractivity contribution in [2.75, 3.05) is 5.32 Å². The number of carbonyl (C=O) groups is 1. The van der Waals surface area contributed by atoms with E-state index in [0.29, 0.717) is 0 Å². The first-order chi connectivity index (χ1) is 5.33. The molecule has 1 rings (SSSR count). The lowest BCUT2D eigenvalue weighted by Crippen LogP contribution is -2.08. The first kappa shape index (κ1) is 7.79. The Kier molecular flexibility index (Phi) is 2.66. The monoisotopic (exact) mass is 148 g/mol. The second-order valence-electron chi connectivity index (χ2n) is 2.16. The highest BCUT2D eigenvalue weighted by Gasteiger charge is 1.95. The molecule has 1 aromatic carbocycles. The molecule has 2 nitrogen and oxygen atoms in total. The van der Waals surface area contributed by atoms with Crippen molar-refractivity contribution in [3.05, 3.63) is 37.3 Å². The van der Waals surface area contributed by atoms with Gasteiger partial charge in [-0.25, -0.2) is 0 Å². The molecule has 1 aromatic rings. The number of hydrogen-bond acceptors (Lipinski definition) is 1. The van der Waals surface area contributed by atoms with Crippen molar-refractivity contribution in [1.29, 1.82) is 0 Å². The standard InChI is InChI=1S/C9H10NO/c1-2-9(11)10-8-6-4-3-5-7-8/h3-7H,1-2H2,(H,10,11). The van der Waals surface area contributed by atoms with E-state index in [-0.39, 0.29) is 12.3 Å². The number of nitrogens with one attached hydrogen (secondary N) is 1. The van der Waals surface area contributed by atoms with Crippen molar-refractivity contribution in [2.45, 2.75) is 6.42 Å². The zero-order chi connectivity index (χ0) is 8.10. The van der Waals surface area contributed by atoms with Gasteiger partial charge in [0.05, 0.1) is 0 Å². The average molecular weight is 148 g/mol. The molecule has 0 atom stereocenters. The number of rotatable bonds is 2. The van der Waals surface area contributed by atoms with Gasteiger partial charge in [-0.05, 0) is 19.1 Å². The molecule has 0 spiro atoms. The SMILES string of the molecule is [CH2]CC(=O)Nc1ccccc1. The van der Waals surface area contributed by atoms with Crippen LogP contribution in [0.15, 0.2) is 30.3 Å². The van der Waals surface area contributed by atoms with Crippen LogP contribution in [0.3, 0.4) is 0 Å². The van der Waals surface area contributed by atoms with Crippen LogP contribution in [-0.2, 0) is 4.79 Å². The summed E-state index contributed by atoms with van der Waals surface area (Å²) in [6, 6.07) is 9.33. The van der Waals surface area contributed by atoms with Crippen LogP contribution < -0.4 is 5.32 Å². The van der Waals surface area contributed by atoms with Gasteiger partial charge < -0.3 is 5.32 Å². The summed E-state index contributed by atoms with van der Waals surface area (Å²) >= 11 is 0. The van der Waals surface area contributed by atoms with Crippen LogP contribution in [0.4, 0.5) is 5.69 Å². The normalized spacial score (nSPS) is 9.18. The Morgan fingerprint density at radius 3 is 2.55 bits per heavy atom. The smallest absolute Gasteiger partial charge is 0.224 e. The maximum atomic E-state index is 10.8. The van der Waals surface area contributed by atoms with Crippen LogP contribution in [0.5, 0.6) is 0 Å². The third-order valence-corrected chi connectivity index (χ3v) is 1.28. The molecular formula is C9H10NO. The fourth-order valence-corrected chi connectivity index (χ4v) is 0.745. The van der Waals surface area contributed by atoms with Crippen molar-refractivity contribution in [1.82, 2.24) is 0 Å². The van der Waals surface area contributed by atoms with E-state index in [2.05, 4.69) is 12.2 Å². The van der Waals surface area contributed by atoms with Gasteiger partial charge in [0.2, 0.25) is 5.91 Å². The molecule has 0 saturated carbocycles. The van der Waals surface area contributed by atoms with E-state index in [1.807, 2.05) is 30.3 Å². The molecule has 57 valence electrons. The molecule has 11 heavy (non-hydrogen) atoms. The van der Waals surface area contributed by atoms with E-state index in [4.69, 9.17) is 0 Å². The van der Waals surface area contributed by atoms with E-state index in [0.717, 1.165) is 5.69 Å². The molecule has 1 N–H and O–H groups in total. The molecule has 0 fully saturated rings. The summed E-state index contributed by atoms with van der Waals surface area (Å²) in [6.45, 7) is 3.47. The second-order valence-corrected chi connectivity index (χ2v) is 2.16. The van der Waals surface area contributed by atoms with Gasteiger partial charge in [0, 0.05) is 12.1 Å². The van der Waals surface area contributed by atoms with Crippen LogP contribution in [0.2, 0.25) is 0 Å². The number of hydrogen-bond donors (Lipinski definition) is 1. The van der Waals surface area contributed by atoms with Gasteiger partial charge in [0.15, 0.2) is 0 Å². The third-order valence-electron chi connectivity index (χ3n) is 1.28. The van der Waals surface area contributed by atoms with Crippen molar-refractivity contribution >= 4 is 11.6 Å². The summed E-state index contributed by atoms with van der Waals surface area (Å²) in [6.07, 6.45) is 0.273. The van der Waals surface area contributed by atoms with E-state index >= 15 is 0 Å². The topological polar surface area (TPSA) is 29.1 Å². The molecule has 0 unspecified atom stereocenters. The van der Waals surface area contributed by atoms with E-state index in [1.165, 1.54) is 0 Å². The third kappa shape index (κ3) is 2.42. The summed E-state index contributed by atoms with van der Waals surface area (Å²) in [5.74, 6) is -0.0591. The van der Waals surface area contributed by atoms with E-state index in [1.54, 1.807) is 0 Å². The number of benzene rings is 1. The van der Waals surface area contributed by atoms with E-state index < -0.39 is 0 Å². The predicted molar refractivity (Wildman–Crippen MR) is 45.0 cm³/mol. The number of para-hydroxylation sites is 1. The maximum Gasteiger partial charge on any atom is 0.224 e. The van der Waals surface area contributed by atoms with Crippen molar-refractivity contribution < 1.29 is 4.79 Å². The van der Waals surface area contributed by atoms with Crippen LogP contribution in [0.1, 0.15) is 6.42 Å². The highest BCUT2D eigenvalue weighted by Crippen LogP contribution is 2.04. The first-order valence-corrected chi connectivity index (χ1v) is 3.47. The predicted octanol–water partition coefficient (Wildman–Crippen LogP) is 1.85. The quantitative estimate of drug-likeness (QED) is 0.681. The summed E-state index contributed by atoms with van der Waals surface area (Å²) in [5.41, 5.74) is 0.821. The lowest BCUT2D eigenvalue weighted by molar-refractivity contribution is -0.115. The lowest BCUT2D eigenvalue weighted by Gasteiger charge is -2.00. The summed E-state index contributed by atoms with van der Waals surface area (Å²) < 4.78 is 0. The molecule has 1 amide bonds. The van der Waals surface area contributed by atoms with Gasteiger partial charge in [0.25, 0.3) is 0 Å². The highest BCUT2D eigenvalue weighted by molar-refractivity contribution is 5.90. The number of carbonyl (C=O) groups excluding carboxylic acids is 1. The van der Waals surface area contributed by atoms with Gasteiger partial charge in [-0.3, -0.25) is 4.79 Å². The average Bonchev–Trinajstić information content (AvgIpc) is 2.06. The number of amides is 1. The van der Waals surface area contributed by atoms with Crippen LogP contribution in [0, 0.1) is 6.92 Å². The molecule has 2 heteroatoms. The molecule has 0 heterocycles. The Bertz CT molecular complexity index is 231. The summed E-state index contributed by atoms with van der Waals surface area (Å²) in [7, 11) is 0. The van der Waals surface area contributed by atoms with E-state index in [9.17, 15) is 4.79 Å². The van der Waals surface area contributed by atoms with Crippen molar-refractivity contribution in [2.24, 2.45) is 0 Å². The molecule has 0 aliphatic carbocycles. The lowest BCUT2D eigenvalue weighted by atomic mass is 10.3. The fraction of sp³-hybridized carbons (Fsp3) is 0.111. The Morgan fingerprint density at radius 1 is 1.36 bits per heavy atom. The largest absolute Gasteiger partial charge is 0.326 e. The zero-order valence-electron chi connectivity index (χ0n) is 6.21. The second kappa shape index (κ2) is 3.76. The van der Waals surface area contributed by atoms with Crippen molar-refractivity contribution in [3.63, 3.8) is 0 Å². The number of anilines is 1. The fourth-order valence-electron chi connectivity index (χ4n) is 0.745. The van der Waals surface area contributed by atoms with Gasteiger partial charge in [-0.2, -0.15) is 0 Å². The molecular weight excluding hydrogens is 138 g/mol. The minimum absolute atomic E-state index is 0.0591. The van der Waals surface area contributed by atoms with Crippen molar-refractivity contribution in [3.8, 4) is 0 Å².